The van der Waals surface area contributed by atoms with Gasteiger partial charge in [0.1, 0.15) is 0 Å². The molecule has 2 rings (SSSR count). The van der Waals surface area contributed by atoms with Crippen molar-refractivity contribution in [3.63, 3.8) is 0 Å². The van der Waals surface area contributed by atoms with Crippen molar-refractivity contribution in [2.24, 2.45) is 5.92 Å². The molecule has 0 amide bonds. The van der Waals surface area contributed by atoms with E-state index in [1.165, 1.54) is 37.1 Å². The first-order valence-corrected chi connectivity index (χ1v) is 7.11. The number of nitrogens with one attached hydrogen (secondary N) is 1. The largest absolute Gasteiger partial charge is 0.313 e. The smallest absolute Gasteiger partial charge is 0.0544 e. The Morgan fingerprint density at radius 2 is 2.22 bits per heavy atom. The zero-order valence-electron chi connectivity index (χ0n) is 11.7. The van der Waals surface area contributed by atoms with Crippen molar-refractivity contribution in [1.82, 2.24) is 15.2 Å². The second-order valence-electron chi connectivity index (χ2n) is 5.47. The van der Waals surface area contributed by atoms with Crippen molar-refractivity contribution < 1.29 is 0 Å². The van der Waals surface area contributed by atoms with Crippen LogP contribution in [0.25, 0.3) is 0 Å². The predicted molar refractivity (Wildman–Crippen MR) is 75.3 cm³/mol. The average Bonchev–Trinajstić information content (AvgIpc) is 3.15. The van der Waals surface area contributed by atoms with Crippen LogP contribution in [0.5, 0.6) is 0 Å². The highest BCUT2D eigenvalue weighted by Crippen LogP contribution is 2.29. The molecule has 1 fully saturated rings. The Morgan fingerprint density at radius 3 is 2.83 bits per heavy atom. The van der Waals surface area contributed by atoms with Gasteiger partial charge >= 0.3 is 0 Å². The molecule has 3 nitrogen and oxygen atoms in total. The van der Waals surface area contributed by atoms with Gasteiger partial charge in [-0.3, -0.25) is 4.98 Å². The molecule has 3 heteroatoms. The molecule has 0 bridgehead atoms. The first-order chi connectivity index (χ1) is 8.78. The monoisotopic (exact) mass is 247 g/mol. The fourth-order valence-corrected chi connectivity index (χ4v) is 2.15. The molecule has 0 aromatic carbocycles. The number of hydrogen-bond acceptors (Lipinski definition) is 3. The number of hydrogen-bond donors (Lipinski definition) is 1. The quantitative estimate of drug-likeness (QED) is 0.715. The minimum atomic E-state index is 0.930. The van der Waals surface area contributed by atoms with Gasteiger partial charge in [-0.2, -0.15) is 0 Å². The summed E-state index contributed by atoms with van der Waals surface area (Å²) in [6, 6.07) is 4.35. The van der Waals surface area contributed by atoms with E-state index in [0.29, 0.717) is 0 Å². The van der Waals surface area contributed by atoms with Crippen molar-refractivity contribution in [1.29, 1.82) is 0 Å². The van der Waals surface area contributed by atoms with Crippen molar-refractivity contribution in [3.8, 4) is 0 Å². The lowest BCUT2D eigenvalue weighted by Crippen LogP contribution is -2.21. The van der Waals surface area contributed by atoms with Gasteiger partial charge in [0.2, 0.25) is 0 Å². The summed E-state index contributed by atoms with van der Waals surface area (Å²) >= 11 is 0. The van der Waals surface area contributed by atoms with Crippen molar-refractivity contribution in [2.45, 2.75) is 39.3 Å². The summed E-state index contributed by atoms with van der Waals surface area (Å²) in [6.07, 6.45) is 6.01. The summed E-state index contributed by atoms with van der Waals surface area (Å²) < 4.78 is 0. The molecule has 1 heterocycles. The third-order valence-electron chi connectivity index (χ3n) is 3.34. The molecule has 0 unspecified atom stereocenters. The molecule has 1 aliphatic rings. The van der Waals surface area contributed by atoms with E-state index in [1.807, 2.05) is 6.20 Å². The molecular formula is C15H25N3. The molecule has 0 aliphatic heterocycles. The van der Waals surface area contributed by atoms with E-state index in [-0.39, 0.29) is 0 Å². The topological polar surface area (TPSA) is 28.2 Å². The summed E-state index contributed by atoms with van der Waals surface area (Å²) in [4.78, 5) is 6.93. The van der Waals surface area contributed by atoms with Gasteiger partial charge in [0.05, 0.1) is 5.69 Å². The van der Waals surface area contributed by atoms with Crippen LogP contribution < -0.4 is 5.32 Å². The van der Waals surface area contributed by atoms with Gasteiger partial charge in [-0.05, 0) is 50.4 Å². The van der Waals surface area contributed by atoms with E-state index >= 15 is 0 Å². The van der Waals surface area contributed by atoms with Gasteiger partial charge < -0.3 is 10.2 Å². The summed E-state index contributed by atoms with van der Waals surface area (Å²) in [6.45, 7) is 6.38. The van der Waals surface area contributed by atoms with Crippen LogP contribution >= 0.6 is 0 Å². The van der Waals surface area contributed by atoms with Crippen LogP contribution in [0.4, 0.5) is 0 Å². The van der Waals surface area contributed by atoms with E-state index in [1.54, 1.807) is 0 Å². The van der Waals surface area contributed by atoms with Crippen LogP contribution in [0.2, 0.25) is 0 Å². The summed E-state index contributed by atoms with van der Waals surface area (Å²) in [7, 11) is 2.19. The van der Waals surface area contributed by atoms with Crippen molar-refractivity contribution >= 4 is 0 Å². The van der Waals surface area contributed by atoms with E-state index in [9.17, 15) is 0 Å². The Bertz CT molecular complexity index is 343. The van der Waals surface area contributed by atoms with E-state index in [2.05, 4.69) is 41.3 Å². The van der Waals surface area contributed by atoms with Gasteiger partial charge in [-0.1, -0.05) is 13.0 Å². The summed E-state index contributed by atoms with van der Waals surface area (Å²) in [5, 5.41) is 3.40. The fraction of sp³-hybridized carbons (Fsp3) is 0.667. The van der Waals surface area contributed by atoms with Crippen molar-refractivity contribution in [3.05, 3.63) is 29.6 Å². The molecule has 1 aliphatic carbocycles. The Morgan fingerprint density at radius 1 is 1.39 bits per heavy atom. The maximum absolute atomic E-state index is 4.54. The number of rotatable bonds is 8. The molecule has 0 saturated heterocycles. The highest BCUT2D eigenvalue weighted by Gasteiger charge is 2.22. The molecule has 18 heavy (non-hydrogen) atoms. The van der Waals surface area contributed by atoms with Crippen LogP contribution in [0.15, 0.2) is 18.3 Å². The van der Waals surface area contributed by atoms with Crippen LogP contribution in [0, 0.1) is 5.92 Å². The van der Waals surface area contributed by atoms with Crippen LogP contribution in [0.3, 0.4) is 0 Å². The van der Waals surface area contributed by atoms with Gasteiger partial charge in [0.25, 0.3) is 0 Å². The first-order valence-electron chi connectivity index (χ1n) is 7.11. The zero-order valence-corrected chi connectivity index (χ0v) is 11.7. The van der Waals surface area contributed by atoms with Gasteiger partial charge in [-0.15, -0.1) is 0 Å². The third kappa shape index (κ3) is 4.75. The Hall–Kier alpha value is -0.930. The zero-order chi connectivity index (χ0) is 12.8. The minimum Gasteiger partial charge on any atom is -0.313 e. The SMILES string of the molecule is CCCNCc1ccc(CN(C)CC2CC2)nc1. The molecule has 1 aromatic rings. The highest BCUT2D eigenvalue weighted by molar-refractivity contribution is 5.13. The molecule has 100 valence electrons. The highest BCUT2D eigenvalue weighted by atomic mass is 15.1. The minimum absolute atomic E-state index is 0.930. The standard InChI is InChI=1S/C15H25N3/c1-3-8-16-9-14-6-7-15(17-10-14)12-18(2)11-13-4-5-13/h6-7,10,13,16H,3-5,8-9,11-12H2,1-2H3. The number of pyridine rings is 1. The molecule has 0 atom stereocenters. The van der Waals surface area contributed by atoms with Crippen LogP contribution in [-0.2, 0) is 13.1 Å². The second kappa shape index (κ2) is 6.86. The first kappa shape index (κ1) is 13.5. The second-order valence-corrected chi connectivity index (χ2v) is 5.47. The fourth-order valence-electron chi connectivity index (χ4n) is 2.15. The number of aromatic nitrogens is 1. The Labute approximate surface area is 111 Å². The van der Waals surface area contributed by atoms with Crippen LogP contribution in [-0.4, -0.2) is 30.0 Å². The normalized spacial score (nSPS) is 15.3. The maximum atomic E-state index is 4.54. The van der Waals surface area contributed by atoms with Gasteiger partial charge in [0.15, 0.2) is 0 Å². The summed E-state index contributed by atoms with van der Waals surface area (Å²) in [5.74, 6) is 0.951. The Balaban J connectivity index is 1.75. The predicted octanol–water partition coefficient (Wildman–Crippen LogP) is 2.42. The summed E-state index contributed by atoms with van der Waals surface area (Å²) in [5.41, 5.74) is 2.45. The lowest BCUT2D eigenvalue weighted by atomic mass is 10.2. The molecule has 1 saturated carbocycles. The van der Waals surface area contributed by atoms with E-state index < -0.39 is 0 Å². The van der Waals surface area contributed by atoms with Crippen molar-refractivity contribution in [2.75, 3.05) is 20.1 Å². The molecule has 0 spiro atoms. The maximum Gasteiger partial charge on any atom is 0.0544 e. The average molecular weight is 247 g/mol. The Kier molecular flexibility index (Phi) is 5.14. The van der Waals surface area contributed by atoms with E-state index in [0.717, 1.165) is 25.6 Å². The molecular weight excluding hydrogens is 222 g/mol. The lowest BCUT2D eigenvalue weighted by molar-refractivity contribution is 0.309. The molecule has 0 radical (unpaired) electrons. The third-order valence-corrected chi connectivity index (χ3v) is 3.34. The van der Waals surface area contributed by atoms with Crippen LogP contribution in [0.1, 0.15) is 37.4 Å². The molecule has 1 aromatic heterocycles. The number of nitrogens with zero attached hydrogens (tertiary/aromatic N) is 2. The lowest BCUT2D eigenvalue weighted by Gasteiger charge is -2.15. The van der Waals surface area contributed by atoms with Gasteiger partial charge in [-0.25, -0.2) is 0 Å². The molecule has 1 N–H and O–H groups in total. The van der Waals surface area contributed by atoms with Gasteiger partial charge in [0, 0.05) is 25.8 Å². The van der Waals surface area contributed by atoms with E-state index in [4.69, 9.17) is 0 Å².